The molecule has 1 amide bonds. The molecule has 0 spiro atoms. The summed E-state index contributed by atoms with van der Waals surface area (Å²) < 4.78 is 0. The van der Waals surface area contributed by atoms with Gasteiger partial charge < -0.3 is 16.2 Å². The topological polar surface area (TPSA) is 88.2 Å². The van der Waals surface area contributed by atoms with Crippen molar-refractivity contribution < 1.29 is 9.90 Å². The molecule has 0 aliphatic carbocycles. The first kappa shape index (κ1) is 11.6. The first-order valence-corrected chi connectivity index (χ1v) is 4.73. The molecule has 0 fully saturated rings. The first-order chi connectivity index (χ1) is 7.09. The Morgan fingerprint density at radius 1 is 1.67 bits per heavy atom. The minimum atomic E-state index is -0.529. The molecular weight excluding hydrogens is 194 g/mol. The van der Waals surface area contributed by atoms with Crippen molar-refractivity contribution in [2.75, 3.05) is 6.54 Å². The number of primary amides is 1. The zero-order valence-electron chi connectivity index (χ0n) is 8.60. The van der Waals surface area contributed by atoms with Crippen LogP contribution in [-0.4, -0.2) is 28.6 Å². The normalized spacial score (nSPS) is 12.4. The number of aliphatic hydroxyl groups is 1. The molecule has 1 aromatic rings. The Morgan fingerprint density at radius 3 is 2.87 bits per heavy atom. The number of carbonyl (C=O) groups is 1. The van der Waals surface area contributed by atoms with Gasteiger partial charge in [0.15, 0.2) is 0 Å². The highest BCUT2D eigenvalue weighted by Crippen LogP contribution is 1.99. The first-order valence-electron chi connectivity index (χ1n) is 4.73. The number of aromatic nitrogens is 1. The Balaban J connectivity index is 2.46. The number of hydrogen-bond donors (Lipinski definition) is 3. The van der Waals surface area contributed by atoms with E-state index in [0.717, 1.165) is 5.56 Å². The van der Waals surface area contributed by atoms with Gasteiger partial charge in [-0.05, 0) is 18.6 Å². The minimum absolute atomic E-state index is 0.259. The van der Waals surface area contributed by atoms with Gasteiger partial charge in [0, 0.05) is 19.3 Å². The fraction of sp³-hybridized carbons (Fsp3) is 0.400. The van der Waals surface area contributed by atoms with Crippen molar-refractivity contribution in [3.8, 4) is 0 Å². The molecule has 5 nitrogen and oxygen atoms in total. The number of rotatable bonds is 5. The highest BCUT2D eigenvalue weighted by atomic mass is 16.3. The van der Waals surface area contributed by atoms with E-state index in [1.807, 2.05) is 0 Å². The number of nitrogens with one attached hydrogen (secondary N) is 1. The molecule has 1 heterocycles. The van der Waals surface area contributed by atoms with Crippen LogP contribution in [-0.2, 0) is 6.54 Å². The van der Waals surface area contributed by atoms with Gasteiger partial charge in [0.1, 0.15) is 5.69 Å². The number of carbonyl (C=O) groups excluding carboxylic acids is 1. The van der Waals surface area contributed by atoms with Gasteiger partial charge in [0.25, 0.3) is 5.91 Å². The van der Waals surface area contributed by atoms with Gasteiger partial charge >= 0.3 is 0 Å². The van der Waals surface area contributed by atoms with Crippen LogP contribution in [0, 0.1) is 0 Å². The molecule has 0 aromatic carbocycles. The van der Waals surface area contributed by atoms with Gasteiger partial charge in [-0.15, -0.1) is 0 Å². The van der Waals surface area contributed by atoms with E-state index in [0.29, 0.717) is 13.1 Å². The van der Waals surface area contributed by atoms with Crippen molar-refractivity contribution in [3.05, 3.63) is 29.6 Å². The number of aliphatic hydroxyl groups excluding tert-OH is 1. The summed E-state index contributed by atoms with van der Waals surface area (Å²) in [5.74, 6) is -0.529. The van der Waals surface area contributed by atoms with Gasteiger partial charge in [-0.3, -0.25) is 9.78 Å². The van der Waals surface area contributed by atoms with E-state index in [4.69, 9.17) is 10.8 Å². The maximum absolute atomic E-state index is 10.7. The summed E-state index contributed by atoms with van der Waals surface area (Å²) in [6.45, 7) is 2.84. The van der Waals surface area contributed by atoms with E-state index in [1.54, 1.807) is 25.3 Å². The third kappa shape index (κ3) is 4.05. The summed E-state index contributed by atoms with van der Waals surface area (Å²) in [7, 11) is 0. The van der Waals surface area contributed by atoms with Gasteiger partial charge in [-0.25, -0.2) is 0 Å². The van der Waals surface area contributed by atoms with Crippen LogP contribution in [0.1, 0.15) is 23.0 Å². The lowest BCUT2D eigenvalue weighted by molar-refractivity contribution is 0.0995. The molecule has 15 heavy (non-hydrogen) atoms. The predicted octanol–water partition coefficient (Wildman–Crippen LogP) is -0.349. The molecule has 0 radical (unpaired) electrons. The molecule has 5 heteroatoms. The van der Waals surface area contributed by atoms with E-state index < -0.39 is 5.91 Å². The van der Waals surface area contributed by atoms with E-state index in [-0.39, 0.29) is 11.8 Å². The molecule has 0 aliphatic rings. The number of nitrogens with two attached hydrogens (primary N) is 1. The largest absolute Gasteiger partial charge is 0.392 e. The fourth-order valence-corrected chi connectivity index (χ4v) is 1.10. The summed E-state index contributed by atoms with van der Waals surface area (Å²) in [6.07, 6.45) is 1.22. The van der Waals surface area contributed by atoms with E-state index in [9.17, 15) is 4.79 Å². The second-order valence-electron chi connectivity index (χ2n) is 3.40. The molecule has 4 N–H and O–H groups in total. The summed E-state index contributed by atoms with van der Waals surface area (Å²) in [5, 5.41) is 12.1. The standard InChI is InChI=1S/C10H15N3O2/c1-7(14)4-12-5-8-2-3-9(10(11)15)13-6-8/h2-3,6-7,12,14H,4-5H2,1H3,(H2,11,15)/t7-/m0/s1. The van der Waals surface area contributed by atoms with Crippen LogP contribution in [0.15, 0.2) is 18.3 Å². The van der Waals surface area contributed by atoms with Crippen LogP contribution in [0.4, 0.5) is 0 Å². The second-order valence-corrected chi connectivity index (χ2v) is 3.40. The summed E-state index contributed by atoms with van der Waals surface area (Å²) in [5.41, 5.74) is 6.26. The Kier molecular flexibility index (Phi) is 4.20. The number of hydrogen-bond acceptors (Lipinski definition) is 4. The zero-order chi connectivity index (χ0) is 11.3. The predicted molar refractivity (Wildman–Crippen MR) is 56.1 cm³/mol. The summed E-state index contributed by atoms with van der Waals surface area (Å²) in [6, 6.07) is 3.36. The lowest BCUT2D eigenvalue weighted by atomic mass is 10.2. The second kappa shape index (κ2) is 5.43. The SMILES string of the molecule is C[C@H](O)CNCc1ccc(C(N)=O)nc1. The highest BCUT2D eigenvalue weighted by Gasteiger charge is 2.01. The van der Waals surface area contributed by atoms with Gasteiger partial charge in [-0.1, -0.05) is 6.07 Å². The van der Waals surface area contributed by atoms with E-state index in [1.165, 1.54) is 0 Å². The third-order valence-electron chi connectivity index (χ3n) is 1.85. The van der Waals surface area contributed by atoms with Crippen molar-refractivity contribution in [2.45, 2.75) is 19.6 Å². The smallest absolute Gasteiger partial charge is 0.267 e. The van der Waals surface area contributed by atoms with Crippen molar-refractivity contribution in [1.82, 2.24) is 10.3 Å². The number of amides is 1. The molecule has 1 aromatic heterocycles. The summed E-state index contributed by atoms with van der Waals surface area (Å²) in [4.78, 5) is 14.6. The Hall–Kier alpha value is -1.46. The van der Waals surface area contributed by atoms with Crippen molar-refractivity contribution >= 4 is 5.91 Å². The third-order valence-corrected chi connectivity index (χ3v) is 1.85. The van der Waals surface area contributed by atoms with Gasteiger partial charge in [-0.2, -0.15) is 0 Å². The quantitative estimate of drug-likeness (QED) is 0.618. The van der Waals surface area contributed by atoms with Crippen LogP contribution in [0.3, 0.4) is 0 Å². The minimum Gasteiger partial charge on any atom is -0.392 e. The molecule has 0 unspecified atom stereocenters. The fourth-order valence-electron chi connectivity index (χ4n) is 1.10. The van der Waals surface area contributed by atoms with E-state index >= 15 is 0 Å². The maximum atomic E-state index is 10.7. The molecule has 1 atom stereocenters. The van der Waals surface area contributed by atoms with Crippen LogP contribution < -0.4 is 11.1 Å². The average molecular weight is 209 g/mol. The van der Waals surface area contributed by atoms with E-state index in [2.05, 4.69) is 10.3 Å². The molecular formula is C10H15N3O2. The lowest BCUT2D eigenvalue weighted by Crippen LogP contribution is -2.24. The molecule has 0 saturated carbocycles. The van der Waals surface area contributed by atoms with Gasteiger partial charge in [0.2, 0.25) is 0 Å². The molecule has 0 aliphatic heterocycles. The Bertz CT molecular complexity index is 322. The molecule has 1 rings (SSSR count). The average Bonchev–Trinajstić information content (AvgIpc) is 2.18. The van der Waals surface area contributed by atoms with Crippen LogP contribution >= 0.6 is 0 Å². The van der Waals surface area contributed by atoms with Crippen LogP contribution in [0.5, 0.6) is 0 Å². The van der Waals surface area contributed by atoms with Crippen molar-refractivity contribution in [3.63, 3.8) is 0 Å². The lowest BCUT2D eigenvalue weighted by Gasteiger charge is -2.06. The molecule has 0 saturated heterocycles. The van der Waals surface area contributed by atoms with Crippen LogP contribution in [0.25, 0.3) is 0 Å². The van der Waals surface area contributed by atoms with Crippen LogP contribution in [0.2, 0.25) is 0 Å². The van der Waals surface area contributed by atoms with Crippen molar-refractivity contribution in [2.24, 2.45) is 5.73 Å². The maximum Gasteiger partial charge on any atom is 0.267 e. The highest BCUT2D eigenvalue weighted by molar-refractivity contribution is 5.90. The Labute approximate surface area is 88.3 Å². The monoisotopic (exact) mass is 209 g/mol. The Morgan fingerprint density at radius 2 is 2.40 bits per heavy atom. The summed E-state index contributed by atoms with van der Waals surface area (Å²) >= 11 is 0. The number of nitrogens with zero attached hydrogens (tertiary/aromatic N) is 1. The molecule has 82 valence electrons. The number of pyridine rings is 1. The molecule has 0 bridgehead atoms. The zero-order valence-corrected chi connectivity index (χ0v) is 8.60. The van der Waals surface area contributed by atoms with Gasteiger partial charge in [0.05, 0.1) is 6.10 Å². The van der Waals surface area contributed by atoms with Crippen molar-refractivity contribution in [1.29, 1.82) is 0 Å².